The molecule has 6 heteroatoms. The summed E-state index contributed by atoms with van der Waals surface area (Å²) in [6.45, 7) is 5.54. The minimum atomic E-state index is -0.894. The second-order valence-electron chi connectivity index (χ2n) is 5.12. The van der Waals surface area contributed by atoms with Gasteiger partial charge < -0.3 is 10.1 Å². The quantitative estimate of drug-likeness (QED) is 0.809. The first-order chi connectivity index (χ1) is 10.9. The molecular formula is C17H18ClNO3S. The number of amides is 1. The van der Waals surface area contributed by atoms with E-state index in [0.717, 1.165) is 16.9 Å². The molecule has 122 valence electrons. The Hall–Kier alpha value is -1.85. The highest BCUT2D eigenvalue weighted by Crippen LogP contribution is 2.23. The Bertz CT molecular complexity index is 726. The van der Waals surface area contributed by atoms with E-state index in [9.17, 15) is 9.59 Å². The van der Waals surface area contributed by atoms with Gasteiger partial charge in [0.2, 0.25) is 0 Å². The van der Waals surface area contributed by atoms with Crippen molar-refractivity contribution in [1.29, 1.82) is 0 Å². The molecule has 1 N–H and O–H groups in total. The summed E-state index contributed by atoms with van der Waals surface area (Å²) in [5.74, 6) is -0.879. The van der Waals surface area contributed by atoms with E-state index >= 15 is 0 Å². The van der Waals surface area contributed by atoms with Crippen LogP contribution in [-0.4, -0.2) is 18.0 Å². The maximum Gasteiger partial charge on any atom is 0.349 e. The molecule has 0 fully saturated rings. The Labute approximate surface area is 144 Å². The molecule has 1 aromatic heterocycles. The van der Waals surface area contributed by atoms with Crippen molar-refractivity contribution < 1.29 is 14.3 Å². The second kappa shape index (κ2) is 7.62. The summed E-state index contributed by atoms with van der Waals surface area (Å²) >= 11 is 7.27. The number of hydrogen-bond acceptors (Lipinski definition) is 4. The molecule has 0 saturated carbocycles. The Kier molecular flexibility index (Phi) is 5.80. The number of nitrogens with one attached hydrogen (secondary N) is 1. The minimum Gasteiger partial charge on any atom is -0.448 e. The first-order valence-electron chi connectivity index (χ1n) is 7.27. The molecule has 0 radical (unpaired) electrons. The summed E-state index contributed by atoms with van der Waals surface area (Å²) in [5, 5.41) is 3.19. The summed E-state index contributed by atoms with van der Waals surface area (Å²) in [6, 6.07) is 8.59. The monoisotopic (exact) mass is 351 g/mol. The van der Waals surface area contributed by atoms with Gasteiger partial charge in [-0.25, -0.2) is 4.79 Å². The van der Waals surface area contributed by atoms with Gasteiger partial charge in [0.25, 0.3) is 5.91 Å². The number of benzene rings is 1. The zero-order valence-electron chi connectivity index (χ0n) is 13.2. The topological polar surface area (TPSA) is 55.4 Å². The molecule has 2 rings (SSSR count). The van der Waals surface area contributed by atoms with Crippen LogP contribution in [0.15, 0.2) is 30.3 Å². The number of rotatable bonds is 5. The van der Waals surface area contributed by atoms with E-state index in [1.807, 2.05) is 13.8 Å². The first-order valence-corrected chi connectivity index (χ1v) is 8.47. The lowest BCUT2D eigenvalue weighted by Gasteiger charge is -2.13. The van der Waals surface area contributed by atoms with Crippen LogP contribution in [0.2, 0.25) is 5.02 Å². The van der Waals surface area contributed by atoms with E-state index < -0.39 is 18.0 Å². The van der Waals surface area contributed by atoms with Crippen LogP contribution >= 0.6 is 22.9 Å². The number of carbonyl (C=O) groups is 2. The number of aryl methyl sites for hydroxylation is 2. The lowest BCUT2D eigenvalue weighted by molar-refractivity contribution is -0.123. The molecule has 0 spiro atoms. The van der Waals surface area contributed by atoms with E-state index in [2.05, 4.69) is 5.32 Å². The highest BCUT2D eigenvalue weighted by molar-refractivity contribution is 7.14. The molecule has 0 aliphatic carbocycles. The molecule has 2 aromatic rings. The molecule has 1 atom stereocenters. The highest BCUT2D eigenvalue weighted by atomic mass is 35.5. The second-order valence-corrected chi connectivity index (χ2v) is 6.69. The van der Waals surface area contributed by atoms with Crippen molar-refractivity contribution in [2.75, 3.05) is 5.32 Å². The third-order valence-electron chi connectivity index (χ3n) is 3.29. The third kappa shape index (κ3) is 4.56. The number of halogens is 1. The number of anilines is 1. The van der Waals surface area contributed by atoms with Crippen molar-refractivity contribution in [2.45, 2.75) is 33.3 Å². The smallest absolute Gasteiger partial charge is 0.349 e. The Morgan fingerprint density at radius 1 is 1.35 bits per heavy atom. The number of thiophene rings is 1. The standard InChI is InChI=1S/C17H18ClNO3S/c1-4-14-10(2)8-15(23-14)17(21)22-11(3)16(20)19-13-7-5-6-12(18)9-13/h5-9,11H,4H2,1-3H3,(H,19,20)/t11-/m1/s1. The third-order valence-corrected chi connectivity index (χ3v) is 4.88. The number of hydrogen-bond donors (Lipinski definition) is 1. The van der Waals surface area contributed by atoms with Gasteiger partial charge >= 0.3 is 5.97 Å². The summed E-state index contributed by atoms with van der Waals surface area (Å²) in [4.78, 5) is 25.9. The van der Waals surface area contributed by atoms with Crippen LogP contribution in [0.5, 0.6) is 0 Å². The van der Waals surface area contributed by atoms with Gasteiger partial charge in [0.05, 0.1) is 0 Å². The van der Waals surface area contributed by atoms with Crippen molar-refractivity contribution in [2.24, 2.45) is 0 Å². The highest BCUT2D eigenvalue weighted by Gasteiger charge is 2.21. The van der Waals surface area contributed by atoms with Crippen molar-refractivity contribution in [3.8, 4) is 0 Å². The van der Waals surface area contributed by atoms with Gasteiger partial charge in [0, 0.05) is 15.6 Å². The number of esters is 1. The van der Waals surface area contributed by atoms with Gasteiger partial charge in [-0.2, -0.15) is 0 Å². The molecule has 0 unspecified atom stereocenters. The molecule has 0 aliphatic heterocycles. The normalized spacial score (nSPS) is 11.8. The van der Waals surface area contributed by atoms with E-state index in [0.29, 0.717) is 15.6 Å². The fourth-order valence-corrected chi connectivity index (χ4v) is 3.24. The summed E-state index contributed by atoms with van der Waals surface area (Å²) < 4.78 is 5.24. The van der Waals surface area contributed by atoms with Crippen LogP contribution in [0.1, 0.15) is 34.0 Å². The van der Waals surface area contributed by atoms with E-state index in [-0.39, 0.29) is 0 Å². The largest absolute Gasteiger partial charge is 0.448 e. The van der Waals surface area contributed by atoms with E-state index in [4.69, 9.17) is 16.3 Å². The van der Waals surface area contributed by atoms with Crippen molar-refractivity contribution >= 4 is 40.5 Å². The Balaban J connectivity index is 1.98. The molecule has 1 aromatic carbocycles. The molecular weight excluding hydrogens is 334 g/mol. The fourth-order valence-electron chi connectivity index (χ4n) is 2.05. The lowest BCUT2D eigenvalue weighted by Crippen LogP contribution is -2.29. The van der Waals surface area contributed by atoms with Crippen LogP contribution in [0, 0.1) is 6.92 Å². The van der Waals surface area contributed by atoms with Crippen LogP contribution < -0.4 is 5.32 Å². The van der Waals surface area contributed by atoms with Crippen LogP contribution in [-0.2, 0) is 16.0 Å². The van der Waals surface area contributed by atoms with Gasteiger partial charge in [-0.15, -0.1) is 11.3 Å². The minimum absolute atomic E-state index is 0.399. The Morgan fingerprint density at radius 2 is 2.09 bits per heavy atom. The fraction of sp³-hybridized carbons (Fsp3) is 0.294. The van der Waals surface area contributed by atoms with Gasteiger partial charge in [0.15, 0.2) is 6.10 Å². The number of ether oxygens (including phenoxy) is 1. The van der Waals surface area contributed by atoms with Gasteiger partial charge in [-0.3, -0.25) is 4.79 Å². The average molecular weight is 352 g/mol. The van der Waals surface area contributed by atoms with Gasteiger partial charge in [-0.1, -0.05) is 24.6 Å². The molecule has 4 nitrogen and oxygen atoms in total. The molecule has 0 aliphatic rings. The lowest BCUT2D eigenvalue weighted by atomic mass is 10.2. The summed E-state index contributed by atoms with van der Waals surface area (Å²) in [5.41, 5.74) is 1.63. The molecule has 0 bridgehead atoms. The molecule has 1 amide bonds. The predicted molar refractivity (Wildman–Crippen MR) is 93.4 cm³/mol. The van der Waals surface area contributed by atoms with E-state index in [1.54, 1.807) is 37.3 Å². The van der Waals surface area contributed by atoms with Crippen LogP contribution in [0.25, 0.3) is 0 Å². The predicted octanol–water partition coefficient (Wildman–Crippen LogP) is 4.46. The van der Waals surface area contributed by atoms with Gasteiger partial charge in [-0.05, 0) is 50.1 Å². The number of carbonyl (C=O) groups excluding carboxylic acids is 2. The zero-order valence-corrected chi connectivity index (χ0v) is 14.8. The van der Waals surface area contributed by atoms with Crippen molar-refractivity contribution in [3.63, 3.8) is 0 Å². The van der Waals surface area contributed by atoms with Gasteiger partial charge in [0.1, 0.15) is 4.88 Å². The Morgan fingerprint density at radius 3 is 2.70 bits per heavy atom. The maximum absolute atomic E-state index is 12.1. The molecule has 23 heavy (non-hydrogen) atoms. The SMILES string of the molecule is CCc1sc(C(=O)O[C@H](C)C(=O)Nc2cccc(Cl)c2)cc1C. The summed E-state index contributed by atoms with van der Waals surface area (Å²) in [7, 11) is 0. The zero-order chi connectivity index (χ0) is 17.0. The van der Waals surface area contributed by atoms with Crippen molar-refractivity contribution in [3.05, 3.63) is 50.7 Å². The van der Waals surface area contributed by atoms with Crippen LogP contribution in [0.3, 0.4) is 0 Å². The van der Waals surface area contributed by atoms with Crippen molar-refractivity contribution in [1.82, 2.24) is 0 Å². The first kappa shape index (κ1) is 17.5. The average Bonchev–Trinajstić information content (AvgIpc) is 2.88. The molecule has 0 saturated heterocycles. The molecule has 1 heterocycles. The van der Waals surface area contributed by atoms with E-state index in [1.165, 1.54) is 11.3 Å². The summed E-state index contributed by atoms with van der Waals surface area (Å²) in [6.07, 6.45) is -0.0248. The maximum atomic E-state index is 12.1. The van der Waals surface area contributed by atoms with Crippen LogP contribution in [0.4, 0.5) is 5.69 Å².